The summed E-state index contributed by atoms with van der Waals surface area (Å²) >= 11 is 0. The Morgan fingerprint density at radius 3 is 2.88 bits per heavy atom. The molecular weight excluding hydrogens is 200 g/mol. The van der Waals surface area contributed by atoms with E-state index in [1.54, 1.807) is 0 Å². The topological polar surface area (TPSA) is 29.5 Å². The van der Waals surface area contributed by atoms with Gasteiger partial charge in [-0.15, -0.1) is 0 Å². The molecule has 1 N–H and O–H groups in total. The summed E-state index contributed by atoms with van der Waals surface area (Å²) in [7, 11) is 0. The molecule has 2 heteroatoms. The van der Waals surface area contributed by atoms with Gasteiger partial charge in [-0.05, 0) is 23.5 Å². The standard InChI is InChI=1S/C14H20O2/c1-10(2)13(15)9-14-12-6-4-3-5-11(12)7-8-16-14/h3-6,10,13-15H,7-9H2,1-2H3. The van der Waals surface area contributed by atoms with Crippen LogP contribution in [0.4, 0.5) is 0 Å². The minimum atomic E-state index is -0.281. The van der Waals surface area contributed by atoms with Crippen LogP contribution in [0.1, 0.15) is 37.5 Å². The first-order chi connectivity index (χ1) is 7.68. The van der Waals surface area contributed by atoms with Gasteiger partial charge in [0.1, 0.15) is 0 Å². The van der Waals surface area contributed by atoms with Gasteiger partial charge in [-0.2, -0.15) is 0 Å². The number of fused-ring (bicyclic) bond motifs is 1. The quantitative estimate of drug-likeness (QED) is 0.848. The SMILES string of the molecule is CC(C)C(O)CC1OCCc2ccccc21. The largest absolute Gasteiger partial charge is 0.393 e. The average Bonchev–Trinajstić information content (AvgIpc) is 2.29. The molecule has 2 rings (SSSR count). The number of benzene rings is 1. The van der Waals surface area contributed by atoms with E-state index in [2.05, 4.69) is 18.2 Å². The van der Waals surface area contributed by atoms with E-state index >= 15 is 0 Å². The molecule has 0 aromatic heterocycles. The van der Waals surface area contributed by atoms with Crippen molar-refractivity contribution in [2.45, 2.75) is 38.9 Å². The zero-order valence-corrected chi connectivity index (χ0v) is 10.0. The van der Waals surface area contributed by atoms with Crippen molar-refractivity contribution in [2.24, 2.45) is 5.92 Å². The van der Waals surface area contributed by atoms with Crippen molar-refractivity contribution in [1.29, 1.82) is 0 Å². The molecule has 0 saturated heterocycles. The maximum atomic E-state index is 9.92. The fraction of sp³-hybridized carbons (Fsp3) is 0.571. The third-order valence-electron chi connectivity index (χ3n) is 3.32. The van der Waals surface area contributed by atoms with Crippen LogP contribution < -0.4 is 0 Å². The fourth-order valence-corrected chi connectivity index (χ4v) is 2.16. The first-order valence-corrected chi connectivity index (χ1v) is 6.06. The van der Waals surface area contributed by atoms with Crippen molar-refractivity contribution in [3.8, 4) is 0 Å². The molecule has 1 aliphatic rings. The molecule has 1 aromatic rings. The predicted octanol–water partition coefficient (Wildman–Crippen LogP) is 2.71. The number of ether oxygens (including phenoxy) is 1. The van der Waals surface area contributed by atoms with E-state index in [-0.39, 0.29) is 18.1 Å². The summed E-state index contributed by atoms with van der Waals surface area (Å²) in [5.74, 6) is 0.290. The van der Waals surface area contributed by atoms with Crippen LogP contribution in [0, 0.1) is 5.92 Å². The molecule has 88 valence electrons. The van der Waals surface area contributed by atoms with Gasteiger partial charge >= 0.3 is 0 Å². The smallest absolute Gasteiger partial charge is 0.0852 e. The molecule has 2 unspecified atom stereocenters. The lowest BCUT2D eigenvalue weighted by atomic mass is 9.91. The highest BCUT2D eigenvalue weighted by atomic mass is 16.5. The van der Waals surface area contributed by atoms with Crippen LogP contribution in [0.15, 0.2) is 24.3 Å². The van der Waals surface area contributed by atoms with Crippen molar-refractivity contribution in [3.63, 3.8) is 0 Å². The molecular formula is C14H20O2. The van der Waals surface area contributed by atoms with E-state index < -0.39 is 0 Å². The van der Waals surface area contributed by atoms with Crippen LogP contribution in [0.5, 0.6) is 0 Å². The van der Waals surface area contributed by atoms with Crippen LogP contribution in [0.3, 0.4) is 0 Å². The van der Waals surface area contributed by atoms with E-state index in [1.165, 1.54) is 11.1 Å². The van der Waals surface area contributed by atoms with Crippen molar-refractivity contribution < 1.29 is 9.84 Å². The van der Waals surface area contributed by atoms with Gasteiger partial charge in [-0.25, -0.2) is 0 Å². The lowest BCUT2D eigenvalue weighted by Gasteiger charge is -2.28. The first-order valence-electron chi connectivity index (χ1n) is 6.06. The van der Waals surface area contributed by atoms with Crippen LogP contribution in [-0.4, -0.2) is 17.8 Å². The highest BCUT2D eigenvalue weighted by molar-refractivity contribution is 5.30. The van der Waals surface area contributed by atoms with Gasteiger partial charge in [0.25, 0.3) is 0 Å². The molecule has 0 spiro atoms. The summed E-state index contributed by atoms with van der Waals surface area (Å²) in [5.41, 5.74) is 2.63. The number of hydrogen-bond acceptors (Lipinski definition) is 2. The number of aliphatic hydroxyl groups excluding tert-OH is 1. The second kappa shape index (κ2) is 4.98. The van der Waals surface area contributed by atoms with E-state index in [1.807, 2.05) is 19.9 Å². The van der Waals surface area contributed by atoms with Crippen LogP contribution in [0.2, 0.25) is 0 Å². The Hall–Kier alpha value is -0.860. The first kappa shape index (κ1) is 11.6. The highest BCUT2D eigenvalue weighted by Gasteiger charge is 2.24. The Balaban J connectivity index is 2.13. The zero-order valence-electron chi connectivity index (χ0n) is 10.0. The van der Waals surface area contributed by atoms with Gasteiger partial charge < -0.3 is 9.84 Å². The molecule has 0 radical (unpaired) electrons. The molecule has 1 heterocycles. The fourth-order valence-electron chi connectivity index (χ4n) is 2.16. The van der Waals surface area contributed by atoms with Gasteiger partial charge in [0.05, 0.1) is 18.8 Å². The summed E-state index contributed by atoms with van der Waals surface area (Å²) in [5, 5.41) is 9.92. The minimum Gasteiger partial charge on any atom is -0.393 e. The average molecular weight is 220 g/mol. The van der Waals surface area contributed by atoms with E-state index in [0.29, 0.717) is 6.42 Å². The van der Waals surface area contributed by atoms with Crippen molar-refractivity contribution in [3.05, 3.63) is 35.4 Å². The zero-order chi connectivity index (χ0) is 11.5. The van der Waals surface area contributed by atoms with Gasteiger partial charge in [0, 0.05) is 6.42 Å². The minimum absolute atomic E-state index is 0.0716. The second-order valence-corrected chi connectivity index (χ2v) is 4.86. The lowest BCUT2D eigenvalue weighted by Crippen LogP contribution is -2.24. The summed E-state index contributed by atoms with van der Waals surface area (Å²) < 4.78 is 5.77. The predicted molar refractivity (Wildman–Crippen MR) is 64.3 cm³/mol. The maximum absolute atomic E-state index is 9.92. The Morgan fingerprint density at radius 2 is 2.12 bits per heavy atom. The summed E-state index contributed by atoms with van der Waals surface area (Å²) in [6.45, 7) is 4.85. The molecule has 0 fully saturated rings. The Bertz CT molecular complexity index is 346. The van der Waals surface area contributed by atoms with E-state index in [4.69, 9.17) is 4.74 Å². The molecule has 2 atom stereocenters. The van der Waals surface area contributed by atoms with Crippen molar-refractivity contribution in [1.82, 2.24) is 0 Å². The van der Waals surface area contributed by atoms with Gasteiger partial charge in [0.15, 0.2) is 0 Å². The number of rotatable bonds is 3. The van der Waals surface area contributed by atoms with Crippen LogP contribution in [0.25, 0.3) is 0 Å². The van der Waals surface area contributed by atoms with E-state index in [0.717, 1.165) is 13.0 Å². The Morgan fingerprint density at radius 1 is 1.38 bits per heavy atom. The summed E-state index contributed by atoms with van der Waals surface area (Å²) in [4.78, 5) is 0. The monoisotopic (exact) mass is 220 g/mol. The normalized spacial score (nSPS) is 21.9. The Labute approximate surface area is 97.3 Å². The second-order valence-electron chi connectivity index (χ2n) is 4.86. The number of aliphatic hydroxyl groups is 1. The molecule has 1 aliphatic heterocycles. The third kappa shape index (κ3) is 2.45. The van der Waals surface area contributed by atoms with Crippen molar-refractivity contribution >= 4 is 0 Å². The molecule has 16 heavy (non-hydrogen) atoms. The number of hydrogen-bond donors (Lipinski definition) is 1. The molecule has 0 saturated carbocycles. The molecule has 0 amide bonds. The molecule has 2 nitrogen and oxygen atoms in total. The van der Waals surface area contributed by atoms with Crippen LogP contribution in [-0.2, 0) is 11.2 Å². The molecule has 1 aromatic carbocycles. The maximum Gasteiger partial charge on any atom is 0.0852 e. The van der Waals surface area contributed by atoms with Gasteiger partial charge in [-0.3, -0.25) is 0 Å². The lowest BCUT2D eigenvalue weighted by molar-refractivity contribution is -0.00706. The molecule has 0 bridgehead atoms. The Kier molecular flexibility index (Phi) is 3.62. The van der Waals surface area contributed by atoms with Gasteiger partial charge in [0.2, 0.25) is 0 Å². The summed E-state index contributed by atoms with van der Waals surface area (Å²) in [6.07, 6.45) is 1.48. The third-order valence-corrected chi connectivity index (χ3v) is 3.32. The van der Waals surface area contributed by atoms with Crippen molar-refractivity contribution in [2.75, 3.05) is 6.61 Å². The summed E-state index contributed by atoms with van der Waals surface area (Å²) in [6, 6.07) is 8.39. The van der Waals surface area contributed by atoms with Crippen LogP contribution >= 0.6 is 0 Å². The molecule has 0 aliphatic carbocycles. The van der Waals surface area contributed by atoms with E-state index in [9.17, 15) is 5.11 Å². The highest BCUT2D eigenvalue weighted by Crippen LogP contribution is 2.31. The van der Waals surface area contributed by atoms with Gasteiger partial charge in [-0.1, -0.05) is 38.1 Å².